The van der Waals surface area contributed by atoms with Crippen LogP contribution in [0.4, 0.5) is 5.69 Å². The zero-order valence-electron chi connectivity index (χ0n) is 11.6. The van der Waals surface area contributed by atoms with Gasteiger partial charge in [-0.3, -0.25) is 4.79 Å². The Morgan fingerprint density at radius 2 is 1.86 bits per heavy atom. The molecule has 1 amide bonds. The number of fused-ring (bicyclic) bond motifs is 1. The Labute approximate surface area is 126 Å². The van der Waals surface area contributed by atoms with Crippen LogP contribution in [0, 0.1) is 0 Å². The highest BCUT2D eigenvalue weighted by Crippen LogP contribution is 2.22. The van der Waals surface area contributed by atoms with Crippen LogP contribution in [0.15, 0.2) is 58.2 Å². The van der Waals surface area contributed by atoms with E-state index in [2.05, 4.69) is 10.3 Å². The van der Waals surface area contributed by atoms with Gasteiger partial charge < -0.3 is 9.73 Å². The van der Waals surface area contributed by atoms with Crippen molar-refractivity contribution in [3.8, 4) is 0 Å². The number of aromatic nitrogens is 1. The van der Waals surface area contributed by atoms with Crippen molar-refractivity contribution < 1.29 is 17.6 Å². The maximum Gasteiger partial charge on any atom is 0.315 e. The van der Waals surface area contributed by atoms with Crippen LogP contribution in [0.2, 0.25) is 0 Å². The molecule has 1 aromatic heterocycles. The highest BCUT2D eigenvalue weighted by molar-refractivity contribution is 7.90. The van der Waals surface area contributed by atoms with Gasteiger partial charge in [0.2, 0.25) is 9.84 Å². The third-order valence-electron chi connectivity index (χ3n) is 2.98. The summed E-state index contributed by atoms with van der Waals surface area (Å²) < 4.78 is 28.1. The Hall–Kier alpha value is -2.67. The van der Waals surface area contributed by atoms with Crippen molar-refractivity contribution in [2.24, 2.45) is 0 Å². The second-order valence-corrected chi connectivity index (χ2v) is 6.65. The van der Waals surface area contributed by atoms with E-state index in [1.165, 1.54) is 6.07 Å². The van der Waals surface area contributed by atoms with Gasteiger partial charge in [-0.1, -0.05) is 18.2 Å². The second-order valence-electron chi connectivity index (χ2n) is 4.75. The number of hydrogen-bond acceptors (Lipinski definition) is 5. The van der Waals surface area contributed by atoms with E-state index in [-0.39, 0.29) is 11.1 Å². The number of nitrogens with zero attached hydrogens (tertiary/aromatic N) is 1. The minimum atomic E-state index is -3.51. The number of amides is 1. The average molecular weight is 316 g/mol. The lowest BCUT2D eigenvalue weighted by atomic mass is 10.2. The molecule has 22 heavy (non-hydrogen) atoms. The average Bonchev–Trinajstić information content (AvgIpc) is 2.91. The molecule has 0 unspecified atom stereocenters. The molecule has 0 aliphatic carbocycles. The van der Waals surface area contributed by atoms with Crippen molar-refractivity contribution in [1.82, 2.24) is 4.98 Å². The molecule has 2 aromatic carbocycles. The number of benzene rings is 2. The standard InChI is InChI=1S/C15H12N2O4S/c1-22(19,20)15-17-12-8-7-11(9-13(12)21-15)16-14(18)10-5-3-2-4-6-10/h2-9H,1H3,(H,16,18). The molecule has 0 bridgehead atoms. The van der Waals surface area contributed by atoms with Crippen LogP contribution < -0.4 is 5.32 Å². The monoisotopic (exact) mass is 316 g/mol. The van der Waals surface area contributed by atoms with E-state index in [4.69, 9.17) is 4.42 Å². The van der Waals surface area contributed by atoms with Crippen molar-refractivity contribution in [3.05, 3.63) is 54.1 Å². The van der Waals surface area contributed by atoms with E-state index >= 15 is 0 Å². The third kappa shape index (κ3) is 2.84. The molecule has 3 rings (SSSR count). The lowest BCUT2D eigenvalue weighted by Crippen LogP contribution is -2.11. The number of carbonyl (C=O) groups excluding carboxylic acids is 1. The summed E-state index contributed by atoms with van der Waals surface area (Å²) in [5, 5.41) is 2.38. The van der Waals surface area contributed by atoms with Crippen LogP contribution in [-0.2, 0) is 9.84 Å². The molecule has 1 N–H and O–H groups in total. The minimum Gasteiger partial charge on any atom is -0.428 e. The number of anilines is 1. The van der Waals surface area contributed by atoms with Gasteiger partial charge in [-0.2, -0.15) is 4.98 Å². The lowest BCUT2D eigenvalue weighted by Gasteiger charge is -2.04. The predicted octanol–water partition coefficient (Wildman–Crippen LogP) is 2.48. The summed E-state index contributed by atoms with van der Waals surface area (Å²) in [5.41, 5.74) is 1.74. The predicted molar refractivity (Wildman–Crippen MR) is 81.5 cm³/mol. The molecule has 1 heterocycles. The number of sulfone groups is 1. The van der Waals surface area contributed by atoms with E-state index in [9.17, 15) is 13.2 Å². The second kappa shape index (κ2) is 5.27. The summed E-state index contributed by atoms with van der Waals surface area (Å²) in [6.07, 6.45) is 1.02. The number of hydrogen-bond donors (Lipinski definition) is 1. The van der Waals surface area contributed by atoms with E-state index in [0.717, 1.165) is 6.26 Å². The summed E-state index contributed by atoms with van der Waals surface area (Å²) in [6.45, 7) is 0. The smallest absolute Gasteiger partial charge is 0.315 e. The fraction of sp³-hybridized carbons (Fsp3) is 0.0667. The molecular formula is C15H12N2O4S. The number of nitrogens with one attached hydrogen (secondary N) is 1. The van der Waals surface area contributed by atoms with Gasteiger partial charge in [0.25, 0.3) is 5.91 Å². The zero-order chi connectivity index (χ0) is 15.7. The van der Waals surface area contributed by atoms with E-state index in [1.807, 2.05) is 6.07 Å². The molecule has 112 valence electrons. The summed E-state index contributed by atoms with van der Waals surface area (Å²) in [6, 6.07) is 13.5. The molecule has 0 radical (unpaired) electrons. The maximum absolute atomic E-state index is 12.1. The Morgan fingerprint density at radius 3 is 2.55 bits per heavy atom. The Bertz CT molecular complexity index is 946. The Balaban J connectivity index is 1.91. The van der Waals surface area contributed by atoms with Crippen molar-refractivity contribution in [2.45, 2.75) is 5.22 Å². The molecule has 6 nitrogen and oxygen atoms in total. The number of carbonyl (C=O) groups is 1. The minimum absolute atomic E-state index is 0.261. The maximum atomic E-state index is 12.1. The first kappa shape index (κ1) is 14.3. The van der Waals surface area contributed by atoms with Gasteiger partial charge in [0.05, 0.1) is 0 Å². The Kier molecular flexibility index (Phi) is 3.42. The van der Waals surface area contributed by atoms with Crippen molar-refractivity contribution >= 4 is 32.5 Å². The van der Waals surface area contributed by atoms with Gasteiger partial charge >= 0.3 is 5.22 Å². The molecule has 0 fully saturated rings. The van der Waals surface area contributed by atoms with Crippen molar-refractivity contribution in [3.63, 3.8) is 0 Å². The molecule has 0 saturated carbocycles. The summed E-state index contributed by atoms with van der Waals surface area (Å²) in [4.78, 5) is 16.0. The van der Waals surface area contributed by atoms with Crippen LogP contribution in [0.5, 0.6) is 0 Å². The summed E-state index contributed by atoms with van der Waals surface area (Å²) in [7, 11) is -3.51. The third-order valence-corrected chi connectivity index (χ3v) is 3.79. The van der Waals surface area contributed by atoms with E-state index in [0.29, 0.717) is 22.4 Å². The van der Waals surface area contributed by atoms with Gasteiger partial charge in [0, 0.05) is 23.6 Å². The number of oxazole rings is 1. The normalized spacial score (nSPS) is 11.5. The SMILES string of the molecule is CS(=O)(=O)c1nc2ccc(NC(=O)c3ccccc3)cc2o1. The molecule has 7 heteroatoms. The van der Waals surface area contributed by atoms with Crippen LogP contribution in [0.3, 0.4) is 0 Å². The fourth-order valence-electron chi connectivity index (χ4n) is 1.93. The van der Waals surface area contributed by atoms with Gasteiger partial charge in [-0.05, 0) is 24.3 Å². The van der Waals surface area contributed by atoms with Gasteiger partial charge in [-0.15, -0.1) is 0 Å². The molecule has 3 aromatic rings. The van der Waals surface area contributed by atoms with Crippen LogP contribution in [0.25, 0.3) is 11.1 Å². The highest BCUT2D eigenvalue weighted by Gasteiger charge is 2.16. The summed E-state index contributed by atoms with van der Waals surface area (Å²) >= 11 is 0. The molecule has 0 aliphatic heterocycles. The number of rotatable bonds is 3. The van der Waals surface area contributed by atoms with E-state index < -0.39 is 9.84 Å². The Morgan fingerprint density at radius 1 is 1.14 bits per heavy atom. The molecule has 0 aliphatic rings. The first-order valence-electron chi connectivity index (χ1n) is 6.40. The van der Waals surface area contributed by atoms with Gasteiger partial charge in [0.1, 0.15) is 5.52 Å². The van der Waals surface area contributed by atoms with E-state index in [1.54, 1.807) is 36.4 Å². The highest BCUT2D eigenvalue weighted by atomic mass is 32.2. The molecule has 0 atom stereocenters. The molecule has 0 spiro atoms. The van der Waals surface area contributed by atoms with Crippen molar-refractivity contribution in [1.29, 1.82) is 0 Å². The van der Waals surface area contributed by atoms with Crippen LogP contribution in [-0.4, -0.2) is 25.6 Å². The fourth-order valence-corrected chi connectivity index (χ4v) is 2.44. The first-order chi connectivity index (χ1) is 10.4. The molecule has 0 saturated heterocycles. The lowest BCUT2D eigenvalue weighted by molar-refractivity contribution is 0.102. The summed E-state index contributed by atoms with van der Waals surface area (Å²) in [5.74, 6) is -0.261. The van der Waals surface area contributed by atoms with Crippen LogP contribution >= 0.6 is 0 Å². The largest absolute Gasteiger partial charge is 0.428 e. The van der Waals surface area contributed by atoms with Crippen molar-refractivity contribution in [2.75, 3.05) is 11.6 Å². The zero-order valence-corrected chi connectivity index (χ0v) is 12.4. The molecular weight excluding hydrogens is 304 g/mol. The van der Waals surface area contributed by atoms with Gasteiger partial charge in [0.15, 0.2) is 5.58 Å². The topological polar surface area (TPSA) is 89.3 Å². The quantitative estimate of drug-likeness (QED) is 0.802. The van der Waals surface area contributed by atoms with Crippen LogP contribution in [0.1, 0.15) is 10.4 Å². The first-order valence-corrected chi connectivity index (χ1v) is 8.30. The van der Waals surface area contributed by atoms with Gasteiger partial charge in [-0.25, -0.2) is 8.42 Å².